The Bertz CT molecular complexity index is 243. The third kappa shape index (κ3) is 4.04. The number of rotatable bonds is 5. The Morgan fingerprint density at radius 3 is 2.36 bits per heavy atom. The van der Waals surface area contributed by atoms with E-state index in [-0.39, 0.29) is 13.1 Å². The summed E-state index contributed by atoms with van der Waals surface area (Å²) < 4.78 is 0. The lowest BCUT2D eigenvalue weighted by molar-refractivity contribution is -0.145. The molecule has 0 heterocycles. The molecule has 0 aromatic rings. The zero-order chi connectivity index (χ0) is 11.4. The van der Waals surface area contributed by atoms with Crippen LogP contribution in [0.1, 0.15) is 13.8 Å². The van der Waals surface area contributed by atoms with Crippen molar-refractivity contribution in [2.45, 2.75) is 19.4 Å². The Kier molecular flexibility index (Phi) is 4.30. The second kappa shape index (κ2) is 4.76. The minimum Gasteiger partial charge on any atom is -0.480 e. The fourth-order valence-electron chi connectivity index (χ4n) is 0.946. The van der Waals surface area contributed by atoms with E-state index < -0.39 is 17.4 Å². The van der Waals surface area contributed by atoms with Crippen LogP contribution < -0.4 is 5.73 Å². The second-order valence-electron chi connectivity index (χ2n) is 3.59. The van der Waals surface area contributed by atoms with Crippen molar-refractivity contribution in [1.82, 2.24) is 4.90 Å². The van der Waals surface area contributed by atoms with Crippen molar-refractivity contribution in [3.8, 4) is 0 Å². The molecule has 0 saturated heterocycles. The van der Waals surface area contributed by atoms with E-state index in [1.165, 1.54) is 19.9 Å². The summed E-state index contributed by atoms with van der Waals surface area (Å²) in [6.07, 6.45) is 1.46. The molecule has 0 aromatic heterocycles. The maximum absolute atomic E-state index is 11.6. The fourth-order valence-corrected chi connectivity index (χ4v) is 0.946. The molecular weight excluding hydrogens is 184 g/mol. The first kappa shape index (κ1) is 12.6. The monoisotopic (exact) mass is 200 g/mol. The SMILES string of the molecule is C=CCN(CC(=O)O)C(=O)C(C)(C)N. The molecule has 0 aliphatic heterocycles. The number of carbonyl (C=O) groups excluding carboxylic acids is 1. The Balaban J connectivity index is 4.56. The highest BCUT2D eigenvalue weighted by Crippen LogP contribution is 2.04. The van der Waals surface area contributed by atoms with Crippen molar-refractivity contribution in [2.24, 2.45) is 5.73 Å². The van der Waals surface area contributed by atoms with Crippen molar-refractivity contribution in [1.29, 1.82) is 0 Å². The maximum atomic E-state index is 11.6. The Labute approximate surface area is 83.2 Å². The van der Waals surface area contributed by atoms with Crippen LogP contribution in [-0.2, 0) is 9.59 Å². The van der Waals surface area contributed by atoms with Crippen LogP contribution in [0.15, 0.2) is 12.7 Å². The summed E-state index contributed by atoms with van der Waals surface area (Å²) in [5.41, 5.74) is 4.51. The largest absolute Gasteiger partial charge is 0.480 e. The first-order valence-corrected chi connectivity index (χ1v) is 4.20. The van der Waals surface area contributed by atoms with Crippen molar-refractivity contribution in [3.05, 3.63) is 12.7 Å². The van der Waals surface area contributed by atoms with Crippen LogP contribution in [0.3, 0.4) is 0 Å². The predicted octanol–water partition coefficient (Wildman–Crippen LogP) is -0.177. The summed E-state index contributed by atoms with van der Waals surface area (Å²) >= 11 is 0. The van der Waals surface area contributed by atoms with Gasteiger partial charge in [-0.2, -0.15) is 0 Å². The van der Waals surface area contributed by atoms with Crippen LogP contribution in [0, 0.1) is 0 Å². The highest BCUT2D eigenvalue weighted by atomic mass is 16.4. The van der Waals surface area contributed by atoms with E-state index >= 15 is 0 Å². The molecule has 0 radical (unpaired) electrons. The highest BCUT2D eigenvalue weighted by Gasteiger charge is 2.28. The van der Waals surface area contributed by atoms with E-state index in [1.54, 1.807) is 0 Å². The predicted molar refractivity (Wildman–Crippen MR) is 52.7 cm³/mol. The van der Waals surface area contributed by atoms with Gasteiger partial charge in [-0.05, 0) is 13.8 Å². The molecule has 0 rings (SSSR count). The van der Waals surface area contributed by atoms with Gasteiger partial charge in [-0.3, -0.25) is 9.59 Å². The van der Waals surface area contributed by atoms with Crippen molar-refractivity contribution >= 4 is 11.9 Å². The smallest absolute Gasteiger partial charge is 0.323 e. The first-order valence-electron chi connectivity index (χ1n) is 4.20. The lowest BCUT2D eigenvalue weighted by Gasteiger charge is -2.26. The summed E-state index contributed by atoms with van der Waals surface area (Å²) in [5, 5.41) is 8.56. The van der Waals surface area contributed by atoms with Crippen LogP contribution in [0.25, 0.3) is 0 Å². The van der Waals surface area contributed by atoms with Gasteiger partial charge in [0.1, 0.15) is 6.54 Å². The lowest BCUT2D eigenvalue weighted by Crippen LogP contribution is -2.52. The summed E-state index contributed by atoms with van der Waals surface area (Å²) in [4.78, 5) is 23.2. The summed E-state index contributed by atoms with van der Waals surface area (Å²) in [6.45, 7) is 6.35. The minimum absolute atomic E-state index is 0.186. The molecule has 0 aromatic carbocycles. The van der Waals surface area contributed by atoms with Gasteiger partial charge in [-0.1, -0.05) is 6.08 Å². The van der Waals surface area contributed by atoms with Gasteiger partial charge in [0, 0.05) is 6.54 Å². The number of nitrogens with two attached hydrogens (primary N) is 1. The van der Waals surface area contributed by atoms with Crippen LogP contribution in [-0.4, -0.2) is 40.5 Å². The van der Waals surface area contributed by atoms with Crippen molar-refractivity contribution in [3.63, 3.8) is 0 Å². The molecule has 0 spiro atoms. The molecule has 0 aliphatic rings. The molecule has 0 atom stereocenters. The van der Waals surface area contributed by atoms with Gasteiger partial charge in [0.2, 0.25) is 5.91 Å². The Morgan fingerprint density at radius 1 is 1.57 bits per heavy atom. The maximum Gasteiger partial charge on any atom is 0.323 e. The molecule has 0 fully saturated rings. The number of carboxylic acid groups (broad SMARTS) is 1. The van der Waals surface area contributed by atoms with Gasteiger partial charge in [-0.25, -0.2) is 0 Å². The molecule has 0 aliphatic carbocycles. The normalized spacial score (nSPS) is 10.8. The summed E-state index contributed by atoms with van der Waals surface area (Å²) in [7, 11) is 0. The Hall–Kier alpha value is -1.36. The molecule has 14 heavy (non-hydrogen) atoms. The van der Waals surface area contributed by atoms with Gasteiger partial charge >= 0.3 is 5.97 Å². The number of carboxylic acids is 1. The molecule has 80 valence electrons. The van der Waals surface area contributed by atoms with Crippen molar-refractivity contribution < 1.29 is 14.7 Å². The average molecular weight is 200 g/mol. The number of hydrogen-bond donors (Lipinski definition) is 2. The molecular formula is C9H16N2O3. The summed E-state index contributed by atoms with van der Waals surface area (Å²) in [5.74, 6) is -1.47. The van der Waals surface area contributed by atoms with E-state index in [0.717, 1.165) is 4.90 Å². The number of aliphatic carboxylic acids is 1. The number of carbonyl (C=O) groups is 2. The zero-order valence-electron chi connectivity index (χ0n) is 8.49. The first-order chi connectivity index (χ1) is 6.29. The van der Waals surface area contributed by atoms with Gasteiger partial charge in [0.15, 0.2) is 0 Å². The van der Waals surface area contributed by atoms with Gasteiger partial charge in [-0.15, -0.1) is 6.58 Å². The average Bonchev–Trinajstić information content (AvgIpc) is 2.00. The highest BCUT2D eigenvalue weighted by molar-refractivity contribution is 5.88. The van der Waals surface area contributed by atoms with Crippen LogP contribution in [0.2, 0.25) is 0 Å². The van der Waals surface area contributed by atoms with Gasteiger partial charge < -0.3 is 15.7 Å². The van der Waals surface area contributed by atoms with E-state index in [9.17, 15) is 9.59 Å². The Morgan fingerprint density at radius 2 is 2.07 bits per heavy atom. The van der Waals surface area contributed by atoms with Crippen molar-refractivity contribution in [2.75, 3.05) is 13.1 Å². The standard InChI is InChI=1S/C9H16N2O3/c1-4-5-11(6-7(12)13)8(14)9(2,3)10/h4H,1,5-6,10H2,2-3H3,(H,12,13). The second-order valence-corrected chi connectivity index (χ2v) is 3.59. The molecule has 3 N–H and O–H groups in total. The van der Waals surface area contributed by atoms with Crippen LogP contribution in [0.5, 0.6) is 0 Å². The van der Waals surface area contributed by atoms with Crippen LogP contribution in [0.4, 0.5) is 0 Å². The molecule has 5 heteroatoms. The third-order valence-corrected chi connectivity index (χ3v) is 1.51. The van der Waals surface area contributed by atoms with Crippen LogP contribution >= 0.6 is 0 Å². The summed E-state index contributed by atoms with van der Waals surface area (Å²) in [6, 6.07) is 0. The molecule has 1 amide bonds. The number of amides is 1. The molecule has 0 saturated carbocycles. The van der Waals surface area contributed by atoms with E-state index in [2.05, 4.69) is 6.58 Å². The van der Waals surface area contributed by atoms with E-state index in [1.807, 2.05) is 0 Å². The minimum atomic E-state index is -1.07. The molecule has 0 bridgehead atoms. The topological polar surface area (TPSA) is 83.6 Å². The van der Waals surface area contributed by atoms with E-state index in [4.69, 9.17) is 10.8 Å². The zero-order valence-corrected chi connectivity index (χ0v) is 8.49. The van der Waals surface area contributed by atoms with Gasteiger partial charge in [0.25, 0.3) is 0 Å². The quantitative estimate of drug-likeness (QED) is 0.603. The number of hydrogen-bond acceptors (Lipinski definition) is 3. The van der Waals surface area contributed by atoms with E-state index in [0.29, 0.717) is 0 Å². The fraction of sp³-hybridized carbons (Fsp3) is 0.556. The lowest BCUT2D eigenvalue weighted by atomic mass is 10.1. The van der Waals surface area contributed by atoms with Gasteiger partial charge in [0.05, 0.1) is 5.54 Å². The molecule has 0 unspecified atom stereocenters. The molecule has 5 nitrogen and oxygen atoms in total. The third-order valence-electron chi connectivity index (χ3n) is 1.51. The number of nitrogens with zero attached hydrogens (tertiary/aromatic N) is 1.